The van der Waals surface area contributed by atoms with E-state index in [1.54, 1.807) is 30.7 Å². The van der Waals surface area contributed by atoms with Crippen molar-refractivity contribution < 1.29 is 41.0 Å². The molecule has 8 rings (SSSR count). The number of hydrogen-bond donors (Lipinski definition) is 0. The van der Waals surface area contributed by atoms with Crippen LogP contribution in [0.4, 0.5) is 22.0 Å². The highest BCUT2D eigenvalue weighted by Gasteiger charge is 2.40. The monoisotopic (exact) mass is 854 g/mol. The number of carbonyl (C=O) groups excluding carboxylic acids is 2. The summed E-state index contributed by atoms with van der Waals surface area (Å²) in [6, 6.07) is 23.8. The fraction of sp³-hybridized carbons (Fsp3) is 0.200. The largest absolute Gasteiger partial charge is 0.439 e. The molecule has 4 heterocycles. The predicted molar refractivity (Wildman–Crippen MR) is 217 cm³/mol. The molecular weight excluding hydrogens is 819 g/mol. The molecule has 0 amide bonds. The van der Waals surface area contributed by atoms with Crippen LogP contribution in [-0.2, 0) is 60.0 Å². The van der Waals surface area contributed by atoms with E-state index in [1.807, 2.05) is 41.2 Å². The molecule has 0 atom stereocenters. The molecule has 61 heavy (non-hydrogen) atoms. The maximum atomic E-state index is 14.8. The molecule has 0 radical (unpaired) electrons. The lowest BCUT2D eigenvalue weighted by atomic mass is 10.0. The van der Waals surface area contributed by atoms with Gasteiger partial charge >= 0.3 is 18.1 Å². The third-order valence-electron chi connectivity index (χ3n) is 10.6. The second kappa shape index (κ2) is 16.4. The van der Waals surface area contributed by atoms with Crippen LogP contribution in [0.25, 0.3) is 21.8 Å². The van der Waals surface area contributed by atoms with Crippen LogP contribution in [0.3, 0.4) is 0 Å². The summed E-state index contributed by atoms with van der Waals surface area (Å²) >= 11 is 5.99. The van der Waals surface area contributed by atoms with Crippen LogP contribution in [0, 0.1) is 25.5 Å². The zero-order valence-electron chi connectivity index (χ0n) is 32.9. The SMILES string of the molecule is Cc1c(Cc2cnn(Cc3ccccc3)c2)c2cc(F)ccc2n1CC(=O)OC(=O)Cn1c(C)c(Cc2c(C(F)(F)F)nn(C)c2Oc2ccc(Cl)cc2)c2cc(F)ccc21. The molecule has 312 valence electrons. The molecule has 16 heteroatoms. The Kier molecular flexibility index (Phi) is 11.0. The number of benzene rings is 4. The molecule has 0 aliphatic heterocycles. The third kappa shape index (κ3) is 8.51. The van der Waals surface area contributed by atoms with Gasteiger partial charge in [0.15, 0.2) is 5.69 Å². The first-order valence-electron chi connectivity index (χ1n) is 19.0. The quantitative estimate of drug-likeness (QED) is 0.0690. The van der Waals surface area contributed by atoms with E-state index in [1.165, 1.54) is 60.1 Å². The Morgan fingerprint density at radius 1 is 0.738 bits per heavy atom. The number of alkyl halides is 3. The molecule has 0 bridgehead atoms. The minimum Gasteiger partial charge on any atom is -0.439 e. The van der Waals surface area contributed by atoms with Crippen molar-refractivity contribution >= 4 is 45.3 Å². The molecule has 4 aromatic carbocycles. The number of aromatic nitrogens is 6. The van der Waals surface area contributed by atoms with Gasteiger partial charge in [0.2, 0.25) is 5.88 Å². The molecule has 0 N–H and O–H groups in total. The smallest absolute Gasteiger partial charge is 0.435 e. The Bertz CT molecular complexity index is 2950. The molecule has 0 spiro atoms. The van der Waals surface area contributed by atoms with Gasteiger partial charge < -0.3 is 18.6 Å². The normalized spacial score (nSPS) is 11.8. The van der Waals surface area contributed by atoms with Gasteiger partial charge in [-0.25, -0.2) is 23.1 Å². The van der Waals surface area contributed by atoms with Crippen molar-refractivity contribution in [3.05, 3.63) is 165 Å². The summed E-state index contributed by atoms with van der Waals surface area (Å²) in [5.41, 5.74) is 3.34. The molecule has 0 unspecified atom stereocenters. The highest BCUT2D eigenvalue weighted by molar-refractivity contribution is 6.30. The average Bonchev–Trinajstić information content (AvgIpc) is 3.92. The van der Waals surface area contributed by atoms with Gasteiger partial charge in [0.1, 0.15) is 30.5 Å². The first kappa shape index (κ1) is 41.0. The minimum atomic E-state index is -4.87. The van der Waals surface area contributed by atoms with Gasteiger partial charge in [-0.05, 0) is 96.8 Å². The van der Waals surface area contributed by atoms with Crippen LogP contribution in [0.15, 0.2) is 103 Å². The molecule has 0 aliphatic rings. The highest BCUT2D eigenvalue weighted by atomic mass is 35.5. The average molecular weight is 855 g/mol. The number of halogens is 6. The Morgan fingerprint density at radius 2 is 1.31 bits per heavy atom. The van der Waals surface area contributed by atoms with E-state index in [0.717, 1.165) is 27.4 Å². The van der Waals surface area contributed by atoms with Gasteiger partial charge in [-0.2, -0.15) is 23.4 Å². The zero-order valence-corrected chi connectivity index (χ0v) is 33.7. The van der Waals surface area contributed by atoms with Crippen LogP contribution in [-0.4, -0.2) is 40.6 Å². The van der Waals surface area contributed by atoms with Crippen LogP contribution < -0.4 is 4.74 Å². The van der Waals surface area contributed by atoms with Gasteiger partial charge in [-0.3, -0.25) is 4.68 Å². The van der Waals surface area contributed by atoms with Gasteiger partial charge in [0.25, 0.3) is 0 Å². The van der Waals surface area contributed by atoms with E-state index in [9.17, 15) is 31.5 Å². The van der Waals surface area contributed by atoms with Gasteiger partial charge in [0, 0.05) is 64.3 Å². The summed E-state index contributed by atoms with van der Waals surface area (Å²) in [7, 11) is 1.31. The molecule has 8 aromatic rings. The molecule has 0 saturated heterocycles. The predicted octanol–water partition coefficient (Wildman–Crippen LogP) is 9.89. The van der Waals surface area contributed by atoms with Gasteiger partial charge in [0.05, 0.1) is 18.3 Å². The summed E-state index contributed by atoms with van der Waals surface area (Å²) in [5.74, 6) is -2.97. The standard InChI is InChI=1S/C45H36ClF5N6O4/c1-26-34(17-29-21-52-55(23-29)22-28-7-5-4-6-8-28)36-18-31(47)11-15-39(36)56(26)24-41(58)61-42(59)25-57-27(2)35(37-19-32(48)12-16-40(37)57)20-38-43(45(49,50)51)53-54(3)44(38)60-33-13-9-30(46)10-14-33/h4-16,18-19,21,23H,17,20,22,24-25H2,1-3H3. The van der Waals surface area contributed by atoms with Crippen LogP contribution in [0.5, 0.6) is 11.6 Å². The Morgan fingerprint density at radius 3 is 1.89 bits per heavy atom. The van der Waals surface area contributed by atoms with Crippen molar-refractivity contribution in [3.8, 4) is 11.6 Å². The number of fused-ring (bicyclic) bond motifs is 2. The van der Waals surface area contributed by atoms with Crippen LogP contribution >= 0.6 is 11.6 Å². The van der Waals surface area contributed by atoms with Crippen molar-refractivity contribution in [1.29, 1.82) is 0 Å². The number of aryl methyl sites for hydroxylation is 1. The Balaban J connectivity index is 1.04. The summed E-state index contributed by atoms with van der Waals surface area (Å²) in [6.45, 7) is 3.03. The third-order valence-corrected chi connectivity index (χ3v) is 10.9. The Labute approximate surface area is 350 Å². The molecule has 4 aromatic heterocycles. The lowest BCUT2D eigenvalue weighted by Crippen LogP contribution is -2.22. The Hall–Kier alpha value is -6.74. The minimum absolute atomic E-state index is 0.201. The van der Waals surface area contributed by atoms with E-state index >= 15 is 0 Å². The van der Waals surface area contributed by atoms with E-state index < -0.39 is 48.4 Å². The van der Waals surface area contributed by atoms with Gasteiger partial charge in [-0.15, -0.1) is 0 Å². The number of nitrogens with zero attached hydrogens (tertiary/aromatic N) is 6. The second-order valence-electron chi connectivity index (χ2n) is 14.7. The molecular formula is C45H36ClF5N6O4. The summed E-state index contributed by atoms with van der Waals surface area (Å²) in [4.78, 5) is 26.9. The fourth-order valence-corrected chi connectivity index (χ4v) is 7.89. The molecule has 0 aliphatic carbocycles. The maximum Gasteiger partial charge on any atom is 0.435 e. The van der Waals surface area contributed by atoms with Crippen molar-refractivity contribution in [2.24, 2.45) is 7.05 Å². The van der Waals surface area contributed by atoms with E-state index in [2.05, 4.69) is 10.2 Å². The van der Waals surface area contributed by atoms with Crippen LogP contribution in [0.1, 0.15) is 44.9 Å². The van der Waals surface area contributed by atoms with Gasteiger partial charge in [-0.1, -0.05) is 41.9 Å². The number of esters is 2. The van der Waals surface area contributed by atoms with Crippen LogP contribution in [0.2, 0.25) is 5.02 Å². The maximum absolute atomic E-state index is 14.8. The van der Waals surface area contributed by atoms with Crippen molar-refractivity contribution in [1.82, 2.24) is 28.7 Å². The summed E-state index contributed by atoms with van der Waals surface area (Å²) in [5, 5.41) is 9.45. The van der Waals surface area contributed by atoms with Crippen molar-refractivity contribution in [2.75, 3.05) is 0 Å². The van der Waals surface area contributed by atoms with E-state index in [-0.39, 0.29) is 34.7 Å². The number of ether oxygens (including phenoxy) is 2. The number of carbonyl (C=O) groups is 2. The summed E-state index contributed by atoms with van der Waals surface area (Å²) < 4.78 is 89.8. The van der Waals surface area contributed by atoms with E-state index in [4.69, 9.17) is 21.1 Å². The lowest BCUT2D eigenvalue weighted by molar-refractivity contribution is -0.160. The van der Waals surface area contributed by atoms with Crippen molar-refractivity contribution in [3.63, 3.8) is 0 Å². The summed E-state index contributed by atoms with van der Waals surface area (Å²) in [6.07, 6.45) is -1.24. The molecule has 0 fully saturated rings. The first-order valence-corrected chi connectivity index (χ1v) is 19.4. The lowest BCUT2D eigenvalue weighted by Gasteiger charge is -2.12. The topological polar surface area (TPSA) is 98.1 Å². The molecule has 0 saturated carbocycles. The number of hydrogen-bond acceptors (Lipinski definition) is 6. The first-order chi connectivity index (χ1) is 29.1. The fourth-order valence-electron chi connectivity index (χ4n) is 7.77. The van der Waals surface area contributed by atoms with E-state index in [0.29, 0.717) is 45.8 Å². The number of rotatable bonds is 12. The van der Waals surface area contributed by atoms with Crippen molar-refractivity contribution in [2.45, 2.75) is 52.5 Å². The second-order valence-corrected chi connectivity index (χ2v) is 15.1. The highest BCUT2D eigenvalue weighted by Crippen LogP contribution is 2.40. The zero-order chi connectivity index (χ0) is 43.2. The molecule has 10 nitrogen and oxygen atoms in total.